The summed E-state index contributed by atoms with van der Waals surface area (Å²) in [6.45, 7) is 9.40. The molecule has 0 fully saturated rings. The highest BCUT2D eigenvalue weighted by molar-refractivity contribution is 4.84. The highest BCUT2D eigenvalue weighted by Gasteiger charge is 2.16. The van der Waals surface area contributed by atoms with Gasteiger partial charge < -0.3 is 0 Å². The number of aryl methyl sites for hydroxylation is 2. The fraction of sp³-hybridized carbons (Fsp3) is 0.927. The van der Waals surface area contributed by atoms with E-state index in [0.29, 0.717) is 0 Å². The van der Waals surface area contributed by atoms with Crippen LogP contribution in [0.3, 0.4) is 0 Å². The van der Waals surface area contributed by atoms with Crippen molar-refractivity contribution >= 4 is 0 Å². The second kappa shape index (κ2) is 32.6. The quantitative estimate of drug-likeness (QED) is 0.0540. The maximum absolute atomic E-state index is 2.64. The van der Waals surface area contributed by atoms with Crippen molar-refractivity contribution in [2.45, 2.75) is 246 Å². The van der Waals surface area contributed by atoms with E-state index in [9.17, 15) is 0 Å². The van der Waals surface area contributed by atoms with Crippen LogP contribution in [0.2, 0.25) is 0 Å². The lowest BCUT2D eigenvalue weighted by atomic mass is 10.0. The Labute approximate surface area is 272 Å². The number of hydrogen-bond acceptors (Lipinski definition) is 0. The maximum atomic E-state index is 2.64. The van der Waals surface area contributed by atoms with Gasteiger partial charge in [0.2, 0.25) is 0 Å². The molecule has 0 spiro atoms. The van der Waals surface area contributed by atoms with Gasteiger partial charge in [-0.2, -0.15) is 0 Å². The molecule has 1 aromatic heterocycles. The van der Waals surface area contributed by atoms with Gasteiger partial charge in [-0.25, -0.2) is 9.13 Å². The molecular formula is C41H81N2+. The summed E-state index contributed by atoms with van der Waals surface area (Å²) in [6.07, 6.45) is 51.9. The first-order valence-electron chi connectivity index (χ1n) is 20.4. The lowest BCUT2D eigenvalue weighted by molar-refractivity contribution is -0.704. The molecular weight excluding hydrogens is 520 g/mol. The van der Waals surface area contributed by atoms with Crippen LogP contribution in [0.5, 0.6) is 0 Å². The molecule has 1 rings (SSSR count). The van der Waals surface area contributed by atoms with Crippen LogP contribution in [0, 0.1) is 0 Å². The molecule has 2 heteroatoms. The van der Waals surface area contributed by atoms with Crippen LogP contribution in [-0.4, -0.2) is 4.57 Å². The van der Waals surface area contributed by atoms with Crippen LogP contribution in [0.15, 0.2) is 12.4 Å². The fourth-order valence-corrected chi connectivity index (χ4v) is 6.86. The van der Waals surface area contributed by atoms with Gasteiger partial charge in [0.05, 0.1) is 13.1 Å². The van der Waals surface area contributed by atoms with Gasteiger partial charge in [-0.1, -0.05) is 194 Å². The summed E-state index contributed by atoms with van der Waals surface area (Å²) in [5.41, 5.74) is 0. The van der Waals surface area contributed by atoms with E-state index in [2.05, 4.69) is 42.3 Å². The first kappa shape index (κ1) is 40.2. The summed E-state index contributed by atoms with van der Waals surface area (Å²) in [5.74, 6) is 1.62. The largest absolute Gasteiger partial charge is 0.256 e. The van der Waals surface area contributed by atoms with Crippen molar-refractivity contribution in [3.63, 3.8) is 0 Å². The molecule has 1 aromatic rings. The molecule has 0 aromatic carbocycles. The molecule has 1 heterocycles. The second-order valence-electron chi connectivity index (χ2n) is 14.1. The first-order valence-corrected chi connectivity index (χ1v) is 20.4. The minimum atomic E-state index is 1.23. The highest BCUT2D eigenvalue weighted by Crippen LogP contribution is 2.15. The van der Waals surface area contributed by atoms with Crippen molar-refractivity contribution in [2.24, 2.45) is 0 Å². The van der Waals surface area contributed by atoms with Gasteiger partial charge in [-0.15, -0.1) is 0 Å². The van der Waals surface area contributed by atoms with Crippen molar-refractivity contribution < 1.29 is 4.57 Å². The average Bonchev–Trinajstić information content (AvgIpc) is 3.40. The second-order valence-corrected chi connectivity index (χ2v) is 14.1. The van der Waals surface area contributed by atoms with Crippen LogP contribution in [0.1, 0.15) is 232 Å². The SMILES string of the molecule is CCCCCCCCCCCCCCCc1n(CCCCCCCCCC)cc[n+]1CCCCCCCCCCCCC. The Morgan fingerprint density at radius 3 is 1.12 bits per heavy atom. The van der Waals surface area contributed by atoms with Crippen LogP contribution in [-0.2, 0) is 19.5 Å². The van der Waals surface area contributed by atoms with Gasteiger partial charge in [0, 0.05) is 6.42 Å². The van der Waals surface area contributed by atoms with E-state index in [-0.39, 0.29) is 0 Å². The topological polar surface area (TPSA) is 8.81 Å². The molecule has 0 aliphatic carbocycles. The van der Waals surface area contributed by atoms with E-state index in [1.807, 2.05) is 0 Å². The number of rotatable bonds is 35. The molecule has 0 unspecified atom stereocenters. The third kappa shape index (κ3) is 25.1. The summed E-state index contributed by atoms with van der Waals surface area (Å²) < 4.78 is 5.27. The summed E-state index contributed by atoms with van der Waals surface area (Å²) in [4.78, 5) is 0. The standard InChI is InChI=1S/C41H81N2/c1-4-7-10-13-16-19-21-22-23-25-27-30-33-36-41-42(37-34-31-28-18-15-12-9-6-3)39-40-43(41)38-35-32-29-26-24-20-17-14-11-8-5-2/h39-40H,4-38H2,1-3H3/q+1. The van der Waals surface area contributed by atoms with Gasteiger partial charge in [0.1, 0.15) is 12.4 Å². The predicted molar refractivity (Wildman–Crippen MR) is 193 cm³/mol. The van der Waals surface area contributed by atoms with E-state index in [1.165, 1.54) is 225 Å². The normalized spacial score (nSPS) is 11.6. The predicted octanol–water partition coefficient (Wildman–Crippen LogP) is 13.9. The lowest BCUT2D eigenvalue weighted by Crippen LogP contribution is -2.37. The van der Waals surface area contributed by atoms with Crippen molar-refractivity contribution in [1.29, 1.82) is 0 Å². The Morgan fingerprint density at radius 2 is 0.721 bits per heavy atom. The summed E-state index contributed by atoms with van der Waals surface area (Å²) in [5, 5.41) is 0. The Balaban J connectivity index is 2.29. The maximum Gasteiger partial charge on any atom is 0.256 e. The molecule has 43 heavy (non-hydrogen) atoms. The third-order valence-corrected chi connectivity index (χ3v) is 9.85. The van der Waals surface area contributed by atoms with Crippen LogP contribution >= 0.6 is 0 Å². The van der Waals surface area contributed by atoms with Crippen molar-refractivity contribution in [1.82, 2.24) is 4.57 Å². The Hall–Kier alpha value is -0.790. The van der Waals surface area contributed by atoms with Crippen molar-refractivity contribution in [3.8, 4) is 0 Å². The molecule has 2 nitrogen and oxygen atoms in total. The number of aromatic nitrogens is 2. The van der Waals surface area contributed by atoms with E-state index in [0.717, 1.165) is 0 Å². The first-order chi connectivity index (χ1) is 21.3. The third-order valence-electron chi connectivity index (χ3n) is 9.85. The van der Waals surface area contributed by atoms with E-state index in [1.54, 1.807) is 5.82 Å². The summed E-state index contributed by atoms with van der Waals surface area (Å²) in [6, 6.07) is 0. The van der Waals surface area contributed by atoms with Crippen molar-refractivity contribution in [3.05, 3.63) is 18.2 Å². The molecule has 0 aliphatic heterocycles. The molecule has 0 saturated heterocycles. The molecule has 0 aliphatic rings. The van der Waals surface area contributed by atoms with Crippen LogP contribution < -0.4 is 4.57 Å². The number of unbranched alkanes of at least 4 members (excludes halogenated alkanes) is 29. The van der Waals surface area contributed by atoms with E-state index in [4.69, 9.17) is 0 Å². The molecule has 0 atom stereocenters. The minimum Gasteiger partial charge on any atom is -0.234 e. The Bertz CT molecular complexity index is 663. The van der Waals surface area contributed by atoms with Crippen LogP contribution in [0.4, 0.5) is 0 Å². The zero-order valence-corrected chi connectivity index (χ0v) is 30.3. The molecule has 0 saturated carbocycles. The number of imidazole rings is 1. The van der Waals surface area contributed by atoms with E-state index < -0.39 is 0 Å². The minimum absolute atomic E-state index is 1.23. The number of nitrogens with zero attached hydrogens (tertiary/aromatic N) is 2. The van der Waals surface area contributed by atoms with Gasteiger partial charge in [0.25, 0.3) is 5.82 Å². The molecule has 0 N–H and O–H groups in total. The zero-order valence-electron chi connectivity index (χ0n) is 30.3. The zero-order chi connectivity index (χ0) is 30.9. The van der Waals surface area contributed by atoms with Crippen molar-refractivity contribution in [2.75, 3.05) is 0 Å². The van der Waals surface area contributed by atoms with Gasteiger partial charge in [0.15, 0.2) is 0 Å². The van der Waals surface area contributed by atoms with E-state index >= 15 is 0 Å². The Kier molecular flexibility index (Phi) is 30.5. The molecule has 0 amide bonds. The number of hydrogen-bond donors (Lipinski definition) is 0. The summed E-state index contributed by atoms with van der Waals surface area (Å²) >= 11 is 0. The molecule has 0 radical (unpaired) electrons. The fourth-order valence-electron chi connectivity index (χ4n) is 6.86. The van der Waals surface area contributed by atoms with Gasteiger partial charge in [-0.05, 0) is 32.1 Å². The van der Waals surface area contributed by atoms with Gasteiger partial charge >= 0.3 is 0 Å². The molecule has 0 bridgehead atoms. The van der Waals surface area contributed by atoms with Gasteiger partial charge in [-0.3, -0.25) is 0 Å². The average molecular weight is 602 g/mol. The monoisotopic (exact) mass is 602 g/mol. The lowest BCUT2D eigenvalue weighted by Gasteiger charge is -2.07. The molecule has 254 valence electrons. The Morgan fingerprint density at radius 1 is 0.395 bits per heavy atom. The highest BCUT2D eigenvalue weighted by atomic mass is 15.1. The van der Waals surface area contributed by atoms with Crippen LogP contribution in [0.25, 0.3) is 0 Å². The smallest absolute Gasteiger partial charge is 0.234 e. The summed E-state index contributed by atoms with van der Waals surface area (Å²) in [7, 11) is 0.